The molecular weight excluding hydrogens is 463 g/mol. The predicted molar refractivity (Wildman–Crippen MR) is 129 cm³/mol. The molecule has 1 aromatic rings. The van der Waals surface area contributed by atoms with Gasteiger partial charge in [-0.2, -0.15) is 0 Å². The summed E-state index contributed by atoms with van der Waals surface area (Å²) in [4.78, 5) is 13.7. The van der Waals surface area contributed by atoms with Gasteiger partial charge in [0.2, 0.25) is 0 Å². The minimum atomic E-state index is 0. The summed E-state index contributed by atoms with van der Waals surface area (Å²) in [5, 5.41) is 6.89. The van der Waals surface area contributed by atoms with E-state index >= 15 is 0 Å². The average molecular weight is 500 g/mol. The highest BCUT2D eigenvalue weighted by atomic mass is 127. The Balaban J connectivity index is 0.00000280. The number of piperazine rings is 1. The third kappa shape index (κ3) is 7.39. The second-order valence-electron chi connectivity index (χ2n) is 7.96. The van der Waals surface area contributed by atoms with Gasteiger partial charge in [0.25, 0.3) is 0 Å². The monoisotopic (exact) mass is 500 g/mol. The maximum Gasteiger partial charge on any atom is 0.191 e. The van der Waals surface area contributed by atoms with E-state index in [0.29, 0.717) is 0 Å². The zero-order chi connectivity index (χ0) is 18.9. The number of halogens is 1. The standard InChI is InChI=1S/C21H36N6.HI/c1-22-21(24-10-5-8-18-6-3-4-7-18)25-17-19-9-11-23-20(16-19)27-14-12-26(2)13-15-27;/h9,11,16,18H,3-8,10,12-15,17H2,1-2H3,(H2,22,24,25);1H. The molecule has 0 amide bonds. The van der Waals surface area contributed by atoms with Crippen molar-refractivity contribution in [2.24, 2.45) is 10.9 Å². The number of nitrogens with one attached hydrogen (secondary N) is 2. The van der Waals surface area contributed by atoms with Gasteiger partial charge in [0.05, 0.1) is 0 Å². The molecule has 2 aliphatic rings. The van der Waals surface area contributed by atoms with Crippen LogP contribution in [-0.2, 0) is 6.54 Å². The van der Waals surface area contributed by atoms with Gasteiger partial charge in [-0.3, -0.25) is 4.99 Å². The Morgan fingerprint density at radius 1 is 1.18 bits per heavy atom. The maximum absolute atomic E-state index is 4.57. The summed E-state index contributed by atoms with van der Waals surface area (Å²) < 4.78 is 0. The summed E-state index contributed by atoms with van der Waals surface area (Å²) in [5.74, 6) is 2.94. The minimum absolute atomic E-state index is 0. The fourth-order valence-corrected chi connectivity index (χ4v) is 4.08. The van der Waals surface area contributed by atoms with Gasteiger partial charge in [-0.15, -0.1) is 24.0 Å². The molecule has 7 heteroatoms. The first-order valence-electron chi connectivity index (χ1n) is 10.6. The van der Waals surface area contributed by atoms with E-state index in [9.17, 15) is 0 Å². The van der Waals surface area contributed by atoms with Crippen molar-refractivity contribution < 1.29 is 0 Å². The minimum Gasteiger partial charge on any atom is -0.356 e. The van der Waals surface area contributed by atoms with Crippen LogP contribution in [-0.4, -0.2) is 62.7 Å². The second-order valence-corrected chi connectivity index (χ2v) is 7.96. The normalized spacial score (nSPS) is 18.8. The molecule has 158 valence electrons. The Labute approximate surface area is 187 Å². The first kappa shape index (κ1) is 23.2. The van der Waals surface area contributed by atoms with E-state index in [-0.39, 0.29) is 24.0 Å². The molecular formula is C21H37IN6. The number of rotatable bonds is 7. The van der Waals surface area contributed by atoms with E-state index in [2.05, 4.69) is 49.6 Å². The van der Waals surface area contributed by atoms with Crippen molar-refractivity contribution in [3.05, 3.63) is 23.9 Å². The Hall–Kier alpha value is -1.09. The number of anilines is 1. The molecule has 0 unspecified atom stereocenters. The third-order valence-electron chi connectivity index (χ3n) is 5.88. The first-order valence-corrected chi connectivity index (χ1v) is 10.6. The average Bonchev–Trinajstić information content (AvgIpc) is 3.22. The van der Waals surface area contributed by atoms with Gasteiger partial charge in [0.15, 0.2) is 5.96 Å². The molecule has 0 aromatic carbocycles. The maximum atomic E-state index is 4.57. The zero-order valence-corrected chi connectivity index (χ0v) is 19.8. The molecule has 1 aliphatic heterocycles. The number of likely N-dealkylation sites (N-methyl/N-ethyl adjacent to an activating group) is 1. The molecule has 2 heterocycles. The van der Waals surface area contributed by atoms with Crippen LogP contribution in [0.3, 0.4) is 0 Å². The van der Waals surface area contributed by atoms with Crippen molar-refractivity contribution >= 4 is 35.8 Å². The molecule has 0 bridgehead atoms. The highest BCUT2D eigenvalue weighted by Gasteiger charge is 2.16. The lowest BCUT2D eigenvalue weighted by Crippen LogP contribution is -2.44. The Morgan fingerprint density at radius 2 is 1.93 bits per heavy atom. The summed E-state index contributed by atoms with van der Waals surface area (Å²) in [6.45, 7) is 6.06. The van der Waals surface area contributed by atoms with Crippen LogP contribution >= 0.6 is 24.0 Å². The van der Waals surface area contributed by atoms with Crippen molar-refractivity contribution in [2.75, 3.05) is 51.7 Å². The number of aliphatic imine (C=N–C) groups is 1. The van der Waals surface area contributed by atoms with E-state index in [1.54, 1.807) is 0 Å². The molecule has 2 fully saturated rings. The van der Waals surface area contributed by atoms with Crippen LogP contribution < -0.4 is 15.5 Å². The quantitative estimate of drug-likeness (QED) is 0.261. The molecule has 1 aromatic heterocycles. The van der Waals surface area contributed by atoms with Crippen LogP contribution in [0.5, 0.6) is 0 Å². The highest BCUT2D eigenvalue weighted by molar-refractivity contribution is 14.0. The van der Waals surface area contributed by atoms with Gasteiger partial charge in [0, 0.05) is 52.5 Å². The summed E-state index contributed by atoms with van der Waals surface area (Å²) in [5.41, 5.74) is 1.24. The zero-order valence-electron chi connectivity index (χ0n) is 17.5. The van der Waals surface area contributed by atoms with Gasteiger partial charge < -0.3 is 20.4 Å². The van der Waals surface area contributed by atoms with Crippen LogP contribution in [0.15, 0.2) is 23.3 Å². The SMILES string of the molecule is CN=C(NCCCC1CCCC1)NCc1ccnc(N2CCN(C)CC2)c1.I. The molecule has 3 rings (SSSR count). The Kier molecular flexibility index (Phi) is 10.3. The van der Waals surface area contributed by atoms with E-state index in [4.69, 9.17) is 0 Å². The largest absolute Gasteiger partial charge is 0.356 e. The number of guanidine groups is 1. The van der Waals surface area contributed by atoms with Crippen LogP contribution in [0.2, 0.25) is 0 Å². The number of hydrogen-bond acceptors (Lipinski definition) is 4. The summed E-state index contributed by atoms with van der Waals surface area (Å²) >= 11 is 0. The van der Waals surface area contributed by atoms with Crippen molar-refractivity contribution in [2.45, 2.75) is 45.1 Å². The molecule has 6 nitrogen and oxygen atoms in total. The fourth-order valence-electron chi connectivity index (χ4n) is 4.08. The molecule has 0 atom stereocenters. The van der Waals surface area contributed by atoms with Gasteiger partial charge in [-0.05, 0) is 43.5 Å². The van der Waals surface area contributed by atoms with Crippen molar-refractivity contribution in [1.29, 1.82) is 0 Å². The third-order valence-corrected chi connectivity index (χ3v) is 5.88. The number of hydrogen-bond donors (Lipinski definition) is 2. The lowest BCUT2D eigenvalue weighted by molar-refractivity contribution is 0.312. The molecule has 2 N–H and O–H groups in total. The second kappa shape index (κ2) is 12.5. The smallest absolute Gasteiger partial charge is 0.191 e. The topological polar surface area (TPSA) is 55.8 Å². The van der Waals surface area contributed by atoms with E-state index in [1.165, 1.54) is 44.1 Å². The Bertz CT molecular complexity index is 594. The van der Waals surface area contributed by atoms with Gasteiger partial charge >= 0.3 is 0 Å². The summed E-state index contributed by atoms with van der Waals surface area (Å²) in [6, 6.07) is 4.28. The molecule has 0 radical (unpaired) electrons. The van der Waals surface area contributed by atoms with E-state index < -0.39 is 0 Å². The van der Waals surface area contributed by atoms with Gasteiger partial charge in [0.1, 0.15) is 5.82 Å². The van der Waals surface area contributed by atoms with Crippen LogP contribution in [0, 0.1) is 5.92 Å². The lowest BCUT2D eigenvalue weighted by atomic mass is 10.0. The van der Waals surface area contributed by atoms with Crippen LogP contribution in [0.1, 0.15) is 44.1 Å². The van der Waals surface area contributed by atoms with Crippen molar-refractivity contribution in [3.63, 3.8) is 0 Å². The van der Waals surface area contributed by atoms with E-state index in [1.807, 2.05) is 13.2 Å². The van der Waals surface area contributed by atoms with Crippen LogP contribution in [0.4, 0.5) is 5.82 Å². The molecule has 0 spiro atoms. The predicted octanol–water partition coefficient (Wildman–Crippen LogP) is 3.09. The molecule has 1 aliphatic carbocycles. The van der Waals surface area contributed by atoms with E-state index in [0.717, 1.165) is 57.0 Å². The number of nitrogens with zero attached hydrogens (tertiary/aromatic N) is 4. The number of pyridine rings is 1. The van der Waals surface area contributed by atoms with Gasteiger partial charge in [-0.1, -0.05) is 25.7 Å². The van der Waals surface area contributed by atoms with Crippen molar-refractivity contribution in [3.8, 4) is 0 Å². The highest BCUT2D eigenvalue weighted by Crippen LogP contribution is 2.28. The first-order chi connectivity index (χ1) is 13.2. The van der Waals surface area contributed by atoms with Crippen molar-refractivity contribution in [1.82, 2.24) is 20.5 Å². The Morgan fingerprint density at radius 3 is 2.64 bits per heavy atom. The summed E-state index contributed by atoms with van der Waals surface area (Å²) in [6.07, 6.45) is 10.2. The lowest BCUT2D eigenvalue weighted by Gasteiger charge is -2.33. The van der Waals surface area contributed by atoms with Gasteiger partial charge in [-0.25, -0.2) is 4.98 Å². The van der Waals surface area contributed by atoms with Crippen LogP contribution in [0.25, 0.3) is 0 Å². The number of aromatic nitrogens is 1. The summed E-state index contributed by atoms with van der Waals surface area (Å²) in [7, 11) is 4.02. The fraction of sp³-hybridized carbons (Fsp3) is 0.714. The molecule has 28 heavy (non-hydrogen) atoms. The molecule has 1 saturated carbocycles. The molecule has 1 saturated heterocycles.